The topological polar surface area (TPSA) is 59.3 Å². The number of methoxy groups -OCH3 is 1. The van der Waals surface area contributed by atoms with Gasteiger partial charge in [0.25, 0.3) is 0 Å². The van der Waals surface area contributed by atoms with E-state index in [0.29, 0.717) is 0 Å². The number of ether oxygens (including phenoxy) is 1. The van der Waals surface area contributed by atoms with Gasteiger partial charge >= 0.3 is 0 Å². The Morgan fingerprint density at radius 1 is 0.857 bits per heavy atom. The molecule has 1 saturated heterocycles. The number of rotatable bonds is 8. The van der Waals surface area contributed by atoms with Crippen LogP contribution in [0.4, 0.5) is 0 Å². The molecule has 1 aliphatic heterocycles. The molecule has 7 heteroatoms. The van der Waals surface area contributed by atoms with Crippen LogP contribution in [-0.2, 0) is 0 Å². The highest BCUT2D eigenvalue weighted by Crippen LogP contribution is 2.29. The predicted molar refractivity (Wildman–Crippen MR) is 137 cm³/mol. The van der Waals surface area contributed by atoms with Crippen molar-refractivity contribution in [2.24, 2.45) is 0 Å². The van der Waals surface area contributed by atoms with Crippen molar-refractivity contribution in [1.82, 2.24) is 30.0 Å². The lowest BCUT2D eigenvalue weighted by molar-refractivity contribution is 0.113. The SMILES string of the molecule is COc1ccc(-n2nnnc2C(c2ccccc2)N2CCN(C/C=C/c3ccccc3)CC2)cc1. The Labute approximate surface area is 206 Å². The van der Waals surface area contributed by atoms with Crippen LogP contribution in [0.1, 0.15) is 23.0 Å². The second-order valence-electron chi connectivity index (χ2n) is 8.61. The maximum atomic E-state index is 5.31. The molecule has 35 heavy (non-hydrogen) atoms. The highest BCUT2D eigenvalue weighted by molar-refractivity contribution is 5.48. The first-order valence-electron chi connectivity index (χ1n) is 12.0. The van der Waals surface area contributed by atoms with Crippen molar-refractivity contribution >= 4 is 6.08 Å². The molecule has 4 aromatic rings. The number of benzene rings is 3. The van der Waals surface area contributed by atoms with Crippen molar-refractivity contribution in [3.63, 3.8) is 0 Å². The summed E-state index contributed by atoms with van der Waals surface area (Å²) in [5, 5.41) is 12.9. The molecule has 1 aromatic heterocycles. The van der Waals surface area contributed by atoms with E-state index >= 15 is 0 Å². The number of tetrazole rings is 1. The Bertz CT molecular complexity index is 1220. The monoisotopic (exact) mass is 466 g/mol. The minimum absolute atomic E-state index is 0.0321. The Morgan fingerprint density at radius 3 is 2.23 bits per heavy atom. The van der Waals surface area contributed by atoms with Crippen LogP contribution in [0.3, 0.4) is 0 Å². The molecule has 178 valence electrons. The first-order chi connectivity index (χ1) is 17.3. The van der Waals surface area contributed by atoms with Crippen molar-refractivity contribution in [1.29, 1.82) is 0 Å². The number of hydrogen-bond acceptors (Lipinski definition) is 6. The van der Waals surface area contributed by atoms with Crippen molar-refractivity contribution in [3.05, 3.63) is 108 Å². The van der Waals surface area contributed by atoms with E-state index in [9.17, 15) is 0 Å². The van der Waals surface area contributed by atoms with Gasteiger partial charge in [-0.05, 0) is 45.8 Å². The summed E-state index contributed by atoms with van der Waals surface area (Å²) in [7, 11) is 1.67. The van der Waals surface area contributed by atoms with Crippen molar-refractivity contribution in [3.8, 4) is 11.4 Å². The fourth-order valence-corrected chi connectivity index (χ4v) is 4.54. The minimum Gasteiger partial charge on any atom is -0.497 e. The molecule has 1 aliphatic rings. The number of hydrogen-bond donors (Lipinski definition) is 0. The zero-order chi connectivity index (χ0) is 23.9. The zero-order valence-corrected chi connectivity index (χ0v) is 19.9. The van der Waals surface area contributed by atoms with E-state index in [0.717, 1.165) is 50.0 Å². The quantitative estimate of drug-likeness (QED) is 0.390. The van der Waals surface area contributed by atoms with Gasteiger partial charge in [0, 0.05) is 32.7 Å². The van der Waals surface area contributed by atoms with E-state index < -0.39 is 0 Å². The summed E-state index contributed by atoms with van der Waals surface area (Å²) in [6.07, 6.45) is 4.45. The van der Waals surface area contributed by atoms with Crippen LogP contribution in [0.15, 0.2) is 91.0 Å². The van der Waals surface area contributed by atoms with E-state index in [-0.39, 0.29) is 6.04 Å². The summed E-state index contributed by atoms with van der Waals surface area (Å²) >= 11 is 0. The van der Waals surface area contributed by atoms with Crippen LogP contribution < -0.4 is 4.74 Å². The lowest BCUT2D eigenvalue weighted by Crippen LogP contribution is -2.48. The first-order valence-corrected chi connectivity index (χ1v) is 12.0. The third-order valence-electron chi connectivity index (χ3n) is 6.42. The Balaban J connectivity index is 1.33. The van der Waals surface area contributed by atoms with Crippen LogP contribution in [0.25, 0.3) is 11.8 Å². The molecule has 0 amide bonds. The lowest BCUT2D eigenvalue weighted by atomic mass is 10.0. The largest absolute Gasteiger partial charge is 0.497 e. The van der Waals surface area contributed by atoms with E-state index in [1.54, 1.807) is 7.11 Å². The van der Waals surface area contributed by atoms with Gasteiger partial charge in [-0.25, -0.2) is 0 Å². The van der Waals surface area contributed by atoms with E-state index in [1.807, 2.05) is 41.1 Å². The van der Waals surface area contributed by atoms with Crippen LogP contribution in [0, 0.1) is 0 Å². The molecule has 5 rings (SSSR count). The summed E-state index contributed by atoms with van der Waals surface area (Å²) in [5.41, 5.74) is 3.34. The molecule has 1 fully saturated rings. The predicted octanol–water partition coefficient (Wildman–Crippen LogP) is 4.09. The Morgan fingerprint density at radius 2 is 1.54 bits per heavy atom. The fourth-order valence-electron chi connectivity index (χ4n) is 4.54. The van der Waals surface area contributed by atoms with Crippen molar-refractivity contribution in [2.75, 3.05) is 39.8 Å². The lowest BCUT2D eigenvalue weighted by Gasteiger charge is -2.38. The molecular weight excluding hydrogens is 436 g/mol. The van der Waals surface area contributed by atoms with E-state index in [2.05, 4.69) is 86.0 Å². The van der Waals surface area contributed by atoms with Crippen LogP contribution >= 0.6 is 0 Å². The fraction of sp³-hybridized carbons (Fsp3) is 0.250. The zero-order valence-electron chi connectivity index (χ0n) is 19.9. The smallest absolute Gasteiger partial charge is 0.178 e. The molecule has 1 atom stereocenters. The van der Waals surface area contributed by atoms with Gasteiger partial charge in [-0.1, -0.05) is 72.8 Å². The second kappa shape index (κ2) is 11.1. The van der Waals surface area contributed by atoms with E-state index in [4.69, 9.17) is 4.74 Å². The average molecular weight is 467 g/mol. The van der Waals surface area contributed by atoms with Crippen LogP contribution in [-0.4, -0.2) is 69.8 Å². The number of piperazine rings is 1. The summed E-state index contributed by atoms with van der Waals surface area (Å²) < 4.78 is 7.15. The normalized spacial score (nSPS) is 15.9. The summed E-state index contributed by atoms with van der Waals surface area (Å²) in [6.45, 7) is 4.81. The Kier molecular flexibility index (Phi) is 7.27. The molecule has 0 aliphatic carbocycles. The highest BCUT2D eigenvalue weighted by atomic mass is 16.5. The molecule has 0 radical (unpaired) electrons. The van der Waals surface area contributed by atoms with E-state index in [1.165, 1.54) is 11.1 Å². The molecule has 1 unspecified atom stereocenters. The third-order valence-corrected chi connectivity index (χ3v) is 6.42. The van der Waals surface area contributed by atoms with Gasteiger partial charge in [-0.2, -0.15) is 4.68 Å². The summed E-state index contributed by atoms with van der Waals surface area (Å²) in [5.74, 6) is 1.62. The second-order valence-corrected chi connectivity index (χ2v) is 8.61. The summed E-state index contributed by atoms with van der Waals surface area (Å²) in [6, 6.07) is 28.8. The number of aromatic nitrogens is 4. The molecule has 0 bridgehead atoms. The van der Waals surface area contributed by atoms with Gasteiger partial charge in [-0.15, -0.1) is 5.10 Å². The van der Waals surface area contributed by atoms with Gasteiger partial charge in [0.1, 0.15) is 5.75 Å². The van der Waals surface area contributed by atoms with Gasteiger partial charge in [0.05, 0.1) is 18.8 Å². The molecular formula is C28H30N6O. The maximum Gasteiger partial charge on any atom is 0.178 e. The molecule has 7 nitrogen and oxygen atoms in total. The van der Waals surface area contributed by atoms with Crippen molar-refractivity contribution in [2.45, 2.75) is 6.04 Å². The first kappa shape index (κ1) is 23.0. The van der Waals surface area contributed by atoms with Gasteiger partial charge < -0.3 is 4.74 Å². The average Bonchev–Trinajstić information content (AvgIpc) is 3.40. The third kappa shape index (κ3) is 5.48. The molecule has 2 heterocycles. The maximum absolute atomic E-state index is 5.31. The van der Waals surface area contributed by atoms with Crippen LogP contribution in [0.2, 0.25) is 0 Å². The van der Waals surface area contributed by atoms with Gasteiger partial charge in [0.15, 0.2) is 5.82 Å². The Hall–Kier alpha value is -3.81. The van der Waals surface area contributed by atoms with Gasteiger partial charge in [0.2, 0.25) is 0 Å². The van der Waals surface area contributed by atoms with Gasteiger partial charge in [-0.3, -0.25) is 9.80 Å². The molecule has 0 N–H and O–H groups in total. The highest BCUT2D eigenvalue weighted by Gasteiger charge is 2.30. The van der Waals surface area contributed by atoms with Crippen molar-refractivity contribution < 1.29 is 4.74 Å². The molecule has 0 spiro atoms. The minimum atomic E-state index is -0.0321. The van der Waals surface area contributed by atoms with Crippen LogP contribution in [0.5, 0.6) is 5.75 Å². The standard InChI is InChI=1S/C28H30N6O/c1-35-26-16-14-25(15-17-26)34-28(29-30-31-34)27(24-12-6-3-7-13-24)33-21-19-32(20-22-33)18-8-11-23-9-4-2-5-10-23/h2-17,27H,18-22H2,1H3/b11-8+. The number of nitrogens with zero attached hydrogens (tertiary/aromatic N) is 6. The molecule has 0 saturated carbocycles. The molecule has 3 aromatic carbocycles. The summed E-state index contributed by atoms with van der Waals surface area (Å²) in [4.78, 5) is 4.98.